The summed E-state index contributed by atoms with van der Waals surface area (Å²) in [7, 11) is 3.33. The van der Waals surface area contributed by atoms with E-state index in [4.69, 9.17) is 9.47 Å². The molecule has 0 unspecified atom stereocenters. The van der Waals surface area contributed by atoms with Crippen molar-refractivity contribution in [3.05, 3.63) is 59.7 Å². The predicted octanol–water partition coefficient (Wildman–Crippen LogP) is 3.81. The number of nitrogens with one attached hydrogen (secondary N) is 1. The fraction of sp³-hybridized carbons (Fsp3) is 0.435. The zero-order chi connectivity index (χ0) is 19.8. The lowest BCUT2D eigenvalue weighted by Crippen LogP contribution is -2.39. The van der Waals surface area contributed by atoms with E-state index in [9.17, 15) is 4.79 Å². The highest BCUT2D eigenvalue weighted by atomic mass is 35.5. The number of rotatable bonds is 8. The van der Waals surface area contributed by atoms with Gasteiger partial charge in [-0.2, -0.15) is 0 Å². The number of hydrogen-bond acceptors (Lipinski definition) is 4. The van der Waals surface area contributed by atoms with Gasteiger partial charge in [-0.3, -0.25) is 4.79 Å². The van der Waals surface area contributed by atoms with Gasteiger partial charge in [0.1, 0.15) is 11.5 Å². The number of nitrogens with zero attached hydrogens (tertiary/aromatic N) is 1. The third-order valence-electron chi connectivity index (χ3n) is 5.43. The van der Waals surface area contributed by atoms with Crippen LogP contribution in [-0.2, 0) is 6.42 Å². The third kappa shape index (κ3) is 6.94. The number of benzene rings is 2. The van der Waals surface area contributed by atoms with Crippen molar-refractivity contribution in [1.82, 2.24) is 10.2 Å². The first-order chi connectivity index (χ1) is 13.7. The van der Waals surface area contributed by atoms with E-state index in [1.54, 1.807) is 26.4 Å². The van der Waals surface area contributed by atoms with Crippen LogP contribution in [0.5, 0.6) is 11.5 Å². The molecule has 1 amide bonds. The molecule has 2 aromatic rings. The first kappa shape index (κ1) is 23.0. The molecule has 1 N–H and O–H groups in total. The van der Waals surface area contributed by atoms with E-state index in [1.807, 2.05) is 18.2 Å². The Morgan fingerprint density at radius 2 is 1.72 bits per heavy atom. The van der Waals surface area contributed by atoms with E-state index in [1.165, 1.54) is 18.4 Å². The summed E-state index contributed by atoms with van der Waals surface area (Å²) < 4.78 is 10.4. The van der Waals surface area contributed by atoms with Crippen molar-refractivity contribution in [3.8, 4) is 11.5 Å². The van der Waals surface area contributed by atoms with Crippen LogP contribution in [0.2, 0.25) is 0 Å². The van der Waals surface area contributed by atoms with Crippen molar-refractivity contribution in [2.45, 2.75) is 19.3 Å². The Hall–Kier alpha value is -2.24. The minimum atomic E-state index is -0.0319. The molecule has 0 atom stereocenters. The van der Waals surface area contributed by atoms with Crippen LogP contribution in [-0.4, -0.2) is 51.2 Å². The molecule has 0 aliphatic carbocycles. The maximum atomic E-state index is 12.2. The Bertz CT molecular complexity index is 759. The fourth-order valence-electron chi connectivity index (χ4n) is 3.72. The van der Waals surface area contributed by atoms with E-state index in [2.05, 4.69) is 28.4 Å². The molecule has 0 saturated carbocycles. The van der Waals surface area contributed by atoms with E-state index in [-0.39, 0.29) is 18.3 Å². The third-order valence-corrected chi connectivity index (χ3v) is 5.43. The minimum absolute atomic E-state index is 0. The van der Waals surface area contributed by atoms with Gasteiger partial charge in [0.05, 0.1) is 14.2 Å². The molecule has 0 aromatic heterocycles. The molecule has 5 nitrogen and oxygen atoms in total. The summed E-state index contributed by atoms with van der Waals surface area (Å²) >= 11 is 0. The Morgan fingerprint density at radius 1 is 1.03 bits per heavy atom. The average molecular weight is 419 g/mol. The number of amides is 1. The molecule has 1 heterocycles. The second kappa shape index (κ2) is 11.7. The number of hydrogen-bond donors (Lipinski definition) is 1. The predicted molar refractivity (Wildman–Crippen MR) is 118 cm³/mol. The molecule has 1 aliphatic rings. The van der Waals surface area contributed by atoms with E-state index < -0.39 is 0 Å². The highest BCUT2D eigenvalue weighted by Crippen LogP contribution is 2.23. The zero-order valence-electron chi connectivity index (χ0n) is 17.2. The summed E-state index contributed by atoms with van der Waals surface area (Å²) in [6.45, 7) is 3.75. The molecule has 1 aliphatic heterocycles. The Kier molecular flexibility index (Phi) is 9.29. The fourth-order valence-corrected chi connectivity index (χ4v) is 3.72. The first-order valence-corrected chi connectivity index (χ1v) is 9.95. The standard InChI is InChI=1S/C23H30N2O3.ClH/c1-27-21-8-6-20(7-9-21)23(26)24-12-15-25-13-10-18(11-14-25)16-19-4-3-5-22(17-19)28-2;/h3-9,17-18H,10-16H2,1-2H3,(H,24,26);1H. The number of carbonyl (C=O) groups excluding carboxylic acids is 1. The molecule has 2 aromatic carbocycles. The van der Waals surface area contributed by atoms with Crippen molar-refractivity contribution in [1.29, 1.82) is 0 Å². The Balaban J connectivity index is 0.00000300. The van der Waals surface area contributed by atoms with Gasteiger partial charge in [0.2, 0.25) is 0 Å². The number of piperidine rings is 1. The molecule has 29 heavy (non-hydrogen) atoms. The highest BCUT2D eigenvalue weighted by molar-refractivity contribution is 5.94. The second-order valence-electron chi connectivity index (χ2n) is 7.33. The number of likely N-dealkylation sites (tertiary alicyclic amines) is 1. The summed E-state index contributed by atoms with van der Waals surface area (Å²) in [5.41, 5.74) is 2.02. The molecule has 0 radical (unpaired) electrons. The van der Waals surface area contributed by atoms with Crippen LogP contribution >= 0.6 is 12.4 Å². The minimum Gasteiger partial charge on any atom is -0.497 e. The summed E-state index contributed by atoms with van der Waals surface area (Å²) in [6.07, 6.45) is 3.51. The molecule has 6 heteroatoms. The molecular weight excluding hydrogens is 388 g/mol. The van der Waals surface area contributed by atoms with E-state index in [0.29, 0.717) is 12.1 Å². The van der Waals surface area contributed by atoms with Gasteiger partial charge in [0, 0.05) is 18.7 Å². The van der Waals surface area contributed by atoms with Gasteiger partial charge in [0.25, 0.3) is 5.91 Å². The van der Waals surface area contributed by atoms with Crippen LogP contribution in [0.1, 0.15) is 28.8 Å². The largest absolute Gasteiger partial charge is 0.497 e. The molecular formula is C23H31ClN2O3. The van der Waals surface area contributed by atoms with Crippen molar-refractivity contribution in [2.75, 3.05) is 40.4 Å². The molecule has 0 spiro atoms. The molecule has 1 fully saturated rings. The van der Waals surface area contributed by atoms with Gasteiger partial charge in [-0.15, -0.1) is 12.4 Å². The van der Waals surface area contributed by atoms with Crippen LogP contribution in [0.15, 0.2) is 48.5 Å². The summed E-state index contributed by atoms with van der Waals surface area (Å²) in [6, 6.07) is 15.6. The van der Waals surface area contributed by atoms with Gasteiger partial charge in [-0.05, 0) is 80.2 Å². The van der Waals surface area contributed by atoms with Crippen LogP contribution in [0.25, 0.3) is 0 Å². The van der Waals surface area contributed by atoms with Crippen molar-refractivity contribution in [3.63, 3.8) is 0 Å². The smallest absolute Gasteiger partial charge is 0.251 e. The molecule has 0 bridgehead atoms. The normalized spacial score (nSPS) is 14.7. The van der Waals surface area contributed by atoms with Gasteiger partial charge in [0.15, 0.2) is 0 Å². The highest BCUT2D eigenvalue weighted by Gasteiger charge is 2.19. The van der Waals surface area contributed by atoms with Crippen LogP contribution < -0.4 is 14.8 Å². The molecule has 3 rings (SSSR count). The number of carbonyl (C=O) groups is 1. The van der Waals surface area contributed by atoms with Gasteiger partial charge >= 0.3 is 0 Å². The van der Waals surface area contributed by atoms with Crippen LogP contribution in [0, 0.1) is 5.92 Å². The Labute approximate surface area is 179 Å². The van der Waals surface area contributed by atoms with Gasteiger partial charge < -0.3 is 19.7 Å². The topological polar surface area (TPSA) is 50.8 Å². The zero-order valence-corrected chi connectivity index (χ0v) is 18.0. The summed E-state index contributed by atoms with van der Waals surface area (Å²) in [4.78, 5) is 14.7. The van der Waals surface area contributed by atoms with Crippen molar-refractivity contribution < 1.29 is 14.3 Å². The maximum absolute atomic E-state index is 12.2. The van der Waals surface area contributed by atoms with Crippen LogP contribution in [0.4, 0.5) is 0 Å². The van der Waals surface area contributed by atoms with Crippen molar-refractivity contribution >= 4 is 18.3 Å². The summed E-state index contributed by atoms with van der Waals surface area (Å²) in [5, 5.41) is 3.01. The number of methoxy groups -OCH3 is 2. The number of halogens is 1. The lowest BCUT2D eigenvalue weighted by atomic mass is 9.90. The quantitative estimate of drug-likeness (QED) is 0.708. The lowest BCUT2D eigenvalue weighted by Gasteiger charge is -2.32. The number of ether oxygens (including phenoxy) is 2. The molecule has 1 saturated heterocycles. The van der Waals surface area contributed by atoms with Gasteiger partial charge in [-0.25, -0.2) is 0 Å². The second-order valence-corrected chi connectivity index (χ2v) is 7.33. The lowest BCUT2D eigenvalue weighted by molar-refractivity contribution is 0.0944. The van der Waals surface area contributed by atoms with Gasteiger partial charge in [-0.1, -0.05) is 12.1 Å². The SMILES string of the molecule is COc1ccc(C(=O)NCCN2CCC(Cc3cccc(OC)c3)CC2)cc1.Cl. The van der Waals surface area contributed by atoms with E-state index >= 15 is 0 Å². The van der Waals surface area contributed by atoms with E-state index in [0.717, 1.165) is 43.5 Å². The summed E-state index contributed by atoms with van der Waals surface area (Å²) in [5.74, 6) is 2.38. The Morgan fingerprint density at radius 3 is 2.38 bits per heavy atom. The first-order valence-electron chi connectivity index (χ1n) is 9.95. The van der Waals surface area contributed by atoms with Crippen molar-refractivity contribution in [2.24, 2.45) is 5.92 Å². The monoisotopic (exact) mass is 418 g/mol. The average Bonchev–Trinajstić information content (AvgIpc) is 2.75. The molecule has 158 valence electrons. The van der Waals surface area contributed by atoms with Crippen LogP contribution in [0.3, 0.4) is 0 Å². The maximum Gasteiger partial charge on any atom is 0.251 e.